The fraction of sp³-hybridized carbons (Fsp3) is 0.667. The zero-order chi connectivity index (χ0) is 13.8. The second kappa shape index (κ2) is 6.15. The largest absolute Gasteiger partial charge is 0.389 e. The summed E-state index contributed by atoms with van der Waals surface area (Å²) in [5, 5.41) is 13.6. The van der Waals surface area contributed by atoms with Gasteiger partial charge in [-0.25, -0.2) is 4.98 Å². The van der Waals surface area contributed by atoms with Crippen LogP contribution in [0.15, 0.2) is 6.20 Å². The molecule has 5 nitrogen and oxygen atoms in total. The lowest BCUT2D eigenvalue weighted by Gasteiger charge is -2.27. The number of rotatable bonds is 6. The third-order valence-electron chi connectivity index (χ3n) is 2.29. The summed E-state index contributed by atoms with van der Waals surface area (Å²) in [6.45, 7) is 8.93. The molecule has 0 radical (unpaired) electrons. The van der Waals surface area contributed by atoms with Crippen LogP contribution in [0.3, 0.4) is 0 Å². The maximum atomic E-state index is 12.2. The average Bonchev–Trinajstić information content (AvgIpc) is 2.73. The molecule has 1 heterocycles. The number of nitrogens with one attached hydrogen (secondary N) is 1. The number of hydrogen-bond acceptors (Lipinski definition) is 5. The van der Waals surface area contributed by atoms with E-state index in [0.717, 1.165) is 11.7 Å². The molecule has 1 amide bonds. The van der Waals surface area contributed by atoms with Gasteiger partial charge in [-0.1, -0.05) is 11.3 Å². The van der Waals surface area contributed by atoms with Gasteiger partial charge in [-0.3, -0.25) is 4.79 Å². The van der Waals surface area contributed by atoms with Crippen LogP contribution in [0.4, 0.5) is 5.13 Å². The molecule has 0 atom stereocenters. The van der Waals surface area contributed by atoms with Crippen molar-refractivity contribution in [3.63, 3.8) is 0 Å². The highest BCUT2D eigenvalue weighted by Gasteiger charge is 2.23. The first-order valence-electron chi connectivity index (χ1n) is 6.08. The van der Waals surface area contributed by atoms with E-state index in [0.29, 0.717) is 18.0 Å². The fourth-order valence-corrected chi connectivity index (χ4v) is 2.41. The molecule has 0 bridgehead atoms. The Morgan fingerprint density at radius 1 is 1.56 bits per heavy atom. The molecule has 0 aliphatic rings. The predicted octanol–water partition coefficient (Wildman–Crippen LogP) is 1.81. The van der Waals surface area contributed by atoms with Gasteiger partial charge < -0.3 is 15.3 Å². The maximum Gasteiger partial charge on any atom is 0.265 e. The average molecular weight is 271 g/mol. The molecule has 0 aliphatic carbocycles. The Morgan fingerprint density at radius 3 is 2.72 bits per heavy atom. The lowest BCUT2D eigenvalue weighted by Crippen LogP contribution is -2.41. The van der Waals surface area contributed by atoms with Crippen molar-refractivity contribution in [1.82, 2.24) is 9.88 Å². The van der Waals surface area contributed by atoms with Gasteiger partial charge in [0.05, 0.1) is 11.8 Å². The minimum absolute atomic E-state index is 0.0821. The van der Waals surface area contributed by atoms with Gasteiger partial charge in [0.25, 0.3) is 5.91 Å². The molecule has 1 rings (SSSR count). The summed E-state index contributed by atoms with van der Waals surface area (Å²) in [6.07, 6.45) is 1.58. The first-order chi connectivity index (χ1) is 8.37. The third kappa shape index (κ3) is 4.27. The fourth-order valence-electron chi connectivity index (χ4n) is 1.56. The summed E-state index contributed by atoms with van der Waals surface area (Å²) in [7, 11) is 0. The number of thiazole rings is 1. The highest BCUT2D eigenvalue weighted by Crippen LogP contribution is 2.20. The van der Waals surface area contributed by atoms with Crippen LogP contribution in [0.5, 0.6) is 0 Å². The van der Waals surface area contributed by atoms with E-state index in [1.807, 2.05) is 13.8 Å². The zero-order valence-electron chi connectivity index (χ0n) is 11.4. The van der Waals surface area contributed by atoms with Gasteiger partial charge in [-0.15, -0.1) is 0 Å². The smallest absolute Gasteiger partial charge is 0.265 e. The second-order valence-electron chi connectivity index (χ2n) is 4.69. The van der Waals surface area contributed by atoms with Gasteiger partial charge in [0.1, 0.15) is 4.88 Å². The van der Waals surface area contributed by atoms with Crippen molar-refractivity contribution in [2.45, 2.75) is 33.3 Å². The molecule has 0 aliphatic heterocycles. The molecule has 0 aromatic carbocycles. The molecule has 18 heavy (non-hydrogen) atoms. The lowest BCUT2D eigenvalue weighted by atomic mass is 10.1. The molecule has 2 N–H and O–H groups in total. The van der Waals surface area contributed by atoms with Gasteiger partial charge in [-0.05, 0) is 27.7 Å². The van der Waals surface area contributed by atoms with Crippen LogP contribution in [0.1, 0.15) is 37.4 Å². The van der Waals surface area contributed by atoms with Crippen LogP contribution in [0, 0.1) is 0 Å². The van der Waals surface area contributed by atoms with Gasteiger partial charge in [-0.2, -0.15) is 0 Å². The minimum atomic E-state index is -0.888. The number of likely N-dealkylation sites (N-methyl/N-ethyl adjacent to an activating group) is 1. The van der Waals surface area contributed by atoms with E-state index in [4.69, 9.17) is 0 Å². The number of carbonyl (C=O) groups excluding carboxylic acids is 1. The molecule has 0 spiro atoms. The number of anilines is 1. The SMILES string of the molecule is CCNc1ncc(C(=O)N(CC)CC(C)(C)O)s1. The van der Waals surface area contributed by atoms with E-state index < -0.39 is 5.60 Å². The number of nitrogens with zero attached hydrogens (tertiary/aromatic N) is 2. The van der Waals surface area contributed by atoms with Gasteiger partial charge in [0.2, 0.25) is 0 Å². The summed E-state index contributed by atoms with van der Waals surface area (Å²) in [6, 6.07) is 0. The molecule has 0 fully saturated rings. The molecule has 0 saturated heterocycles. The van der Waals surface area contributed by atoms with E-state index in [2.05, 4.69) is 10.3 Å². The molecule has 102 valence electrons. The number of aromatic nitrogens is 1. The molecular formula is C12H21N3O2S. The molecule has 0 unspecified atom stereocenters. The Labute approximate surface area is 112 Å². The Morgan fingerprint density at radius 2 is 2.22 bits per heavy atom. The van der Waals surface area contributed by atoms with Crippen molar-refractivity contribution in [1.29, 1.82) is 0 Å². The third-order valence-corrected chi connectivity index (χ3v) is 3.23. The Bertz CT molecular complexity index is 398. The van der Waals surface area contributed by atoms with E-state index in [-0.39, 0.29) is 5.91 Å². The Kier molecular flexibility index (Phi) is 5.10. The van der Waals surface area contributed by atoms with E-state index in [9.17, 15) is 9.90 Å². The normalized spacial score (nSPS) is 11.4. The van der Waals surface area contributed by atoms with Crippen LogP contribution in [-0.4, -0.2) is 46.1 Å². The maximum absolute atomic E-state index is 12.2. The summed E-state index contributed by atoms with van der Waals surface area (Å²) in [5.74, 6) is -0.0821. The van der Waals surface area contributed by atoms with Crippen molar-refractivity contribution in [2.24, 2.45) is 0 Å². The molecule has 1 aromatic rings. The molecular weight excluding hydrogens is 250 g/mol. The van der Waals surface area contributed by atoms with Gasteiger partial charge in [0.15, 0.2) is 5.13 Å². The molecule has 0 saturated carbocycles. The lowest BCUT2D eigenvalue weighted by molar-refractivity contribution is 0.0317. The zero-order valence-corrected chi connectivity index (χ0v) is 12.2. The predicted molar refractivity (Wildman–Crippen MR) is 74.2 cm³/mol. The first kappa shape index (κ1) is 14.9. The van der Waals surface area contributed by atoms with Crippen LogP contribution in [-0.2, 0) is 0 Å². The van der Waals surface area contributed by atoms with Gasteiger partial charge in [0, 0.05) is 19.6 Å². The minimum Gasteiger partial charge on any atom is -0.389 e. The van der Waals surface area contributed by atoms with E-state index >= 15 is 0 Å². The first-order valence-corrected chi connectivity index (χ1v) is 6.90. The van der Waals surface area contributed by atoms with Crippen LogP contribution in [0.25, 0.3) is 0 Å². The Balaban J connectivity index is 2.76. The monoisotopic (exact) mass is 271 g/mol. The number of aliphatic hydroxyl groups is 1. The molecule has 6 heteroatoms. The number of hydrogen-bond donors (Lipinski definition) is 2. The van der Waals surface area contributed by atoms with Crippen LogP contribution in [0.2, 0.25) is 0 Å². The van der Waals surface area contributed by atoms with Crippen molar-refractivity contribution >= 4 is 22.4 Å². The van der Waals surface area contributed by atoms with Crippen LogP contribution < -0.4 is 5.32 Å². The summed E-state index contributed by atoms with van der Waals surface area (Å²) < 4.78 is 0. The summed E-state index contributed by atoms with van der Waals surface area (Å²) in [5.41, 5.74) is -0.888. The standard InChI is InChI=1S/C12H21N3O2S/c1-5-13-11-14-7-9(18-11)10(16)15(6-2)8-12(3,4)17/h7,17H,5-6,8H2,1-4H3,(H,13,14). The highest BCUT2D eigenvalue weighted by molar-refractivity contribution is 7.17. The van der Waals surface area contributed by atoms with Crippen molar-refractivity contribution < 1.29 is 9.90 Å². The topological polar surface area (TPSA) is 65.5 Å². The Hall–Kier alpha value is -1.14. The highest BCUT2D eigenvalue weighted by atomic mass is 32.1. The van der Waals surface area contributed by atoms with Crippen LogP contribution >= 0.6 is 11.3 Å². The van der Waals surface area contributed by atoms with Gasteiger partial charge >= 0.3 is 0 Å². The number of amides is 1. The summed E-state index contributed by atoms with van der Waals surface area (Å²) in [4.78, 5) is 18.6. The van der Waals surface area contributed by atoms with E-state index in [1.54, 1.807) is 24.9 Å². The van der Waals surface area contributed by atoms with Crippen molar-refractivity contribution in [2.75, 3.05) is 25.0 Å². The molecule has 1 aromatic heterocycles. The van der Waals surface area contributed by atoms with E-state index in [1.165, 1.54) is 11.3 Å². The van der Waals surface area contributed by atoms with Crippen molar-refractivity contribution in [3.05, 3.63) is 11.1 Å². The van der Waals surface area contributed by atoms with Crippen molar-refractivity contribution in [3.8, 4) is 0 Å². The quantitative estimate of drug-likeness (QED) is 0.828. The summed E-state index contributed by atoms with van der Waals surface area (Å²) >= 11 is 1.34. The number of carbonyl (C=O) groups is 1. The second-order valence-corrected chi connectivity index (χ2v) is 5.72.